The lowest BCUT2D eigenvalue weighted by atomic mass is 10.0. The molecule has 0 aliphatic rings. The SMILES string of the molecule is C=CCCCCCC(N)c1ccc(F)cc1Br. The highest BCUT2D eigenvalue weighted by molar-refractivity contribution is 9.10. The van der Waals surface area contributed by atoms with Gasteiger partial charge in [-0.2, -0.15) is 0 Å². The summed E-state index contributed by atoms with van der Waals surface area (Å²) in [5, 5.41) is 0. The van der Waals surface area contributed by atoms with Gasteiger partial charge in [-0.05, 0) is 37.0 Å². The van der Waals surface area contributed by atoms with Crippen molar-refractivity contribution in [1.82, 2.24) is 0 Å². The smallest absolute Gasteiger partial charge is 0.124 e. The summed E-state index contributed by atoms with van der Waals surface area (Å²) in [6.45, 7) is 3.69. The van der Waals surface area contributed by atoms with Crippen LogP contribution in [0.5, 0.6) is 0 Å². The number of hydrogen-bond acceptors (Lipinski definition) is 1. The van der Waals surface area contributed by atoms with Gasteiger partial charge in [0, 0.05) is 10.5 Å². The van der Waals surface area contributed by atoms with Gasteiger partial charge < -0.3 is 5.73 Å². The average molecular weight is 300 g/mol. The zero-order valence-corrected chi connectivity index (χ0v) is 11.5. The average Bonchev–Trinajstić information content (AvgIpc) is 2.28. The van der Waals surface area contributed by atoms with Crippen molar-refractivity contribution in [2.75, 3.05) is 0 Å². The van der Waals surface area contributed by atoms with Crippen LogP contribution in [0.15, 0.2) is 35.3 Å². The molecule has 0 aliphatic carbocycles. The van der Waals surface area contributed by atoms with E-state index in [1.165, 1.54) is 25.0 Å². The summed E-state index contributed by atoms with van der Waals surface area (Å²) in [5.74, 6) is -0.237. The molecule has 0 saturated carbocycles. The predicted octanol–water partition coefficient (Wildman–Crippen LogP) is 4.72. The number of allylic oxidation sites excluding steroid dienone is 1. The highest BCUT2D eigenvalue weighted by Gasteiger charge is 2.10. The Balaban J connectivity index is 2.41. The van der Waals surface area contributed by atoms with Crippen LogP contribution in [0.1, 0.15) is 43.7 Å². The Bertz CT molecular complexity index is 365. The summed E-state index contributed by atoms with van der Waals surface area (Å²) in [6, 6.07) is 4.66. The third-order valence-electron chi connectivity index (χ3n) is 2.79. The van der Waals surface area contributed by atoms with Gasteiger partial charge in [0.05, 0.1) is 0 Å². The van der Waals surface area contributed by atoms with Gasteiger partial charge in [-0.3, -0.25) is 0 Å². The number of unbranched alkanes of at least 4 members (excludes halogenated alkanes) is 3. The van der Waals surface area contributed by atoms with E-state index in [0.29, 0.717) is 0 Å². The van der Waals surface area contributed by atoms with Crippen LogP contribution in [0.2, 0.25) is 0 Å². The minimum Gasteiger partial charge on any atom is -0.324 e. The molecule has 2 N–H and O–H groups in total. The first kappa shape index (κ1) is 14.4. The summed E-state index contributed by atoms with van der Waals surface area (Å²) < 4.78 is 13.7. The van der Waals surface area contributed by atoms with Crippen LogP contribution < -0.4 is 5.73 Å². The summed E-state index contributed by atoms with van der Waals surface area (Å²) >= 11 is 3.35. The van der Waals surface area contributed by atoms with Crippen LogP contribution in [0.25, 0.3) is 0 Å². The Morgan fingerprint density at radius 1 is 1.35 bits per heavy atom. The monoisotopic (exact) mass is 299 g/mol. The summed E-state index contributed by atoms with van der Waals surface area (Å²) in [5.41, 5.74) is 7.07. The second kappa shape index (κ2) is 7.62. The maximum atomic E-state index is 12.9. The Morgan fingerprint density at radius 3 is 2.76 bits per heavy atom. The number of nitrogens with two attached hydrogens (primary N) is 1. The molecule has 1 unspecified atom stereocenters. The third kappa shape index (κ3) is 5.00. The van der Waals surface area contributed by atoms with Gasteiger partial charge in [0.2, 0.25) is 0 Å². The molecule has 94 valence electrons. The van der Waals surface area contributed by atoms with Crippen molar-refractivity contribution in [2.45, 2.75) is 38.1 Å². The second-order valence-corrected chi connectivity index (χ2v) is 5.05. The van der Waals surface area contributed by atoms with E-state index >= 15 is 0 Å². The molecular formula is C14H19BrFN. The van der Waals surface area contributed by atoms with Crippen molar-refractivity contribution >= 4 is 15.9 Å². The molecule has 1 atom stereocenters. The zero-order chi connectivity index (χ0) is 12.7. The molecule has 1 rings (SSSR count). The highest BCUT2D eigenvalue weighted by Crippen LogP contribution is 2.26. The number of rotatable bonds is 7. The van der Waals surface area contributed by atoms with E-state index < -0.39 is 0 Å². The Kier molecular flexibility index (Phi) is 6.45. The van der Waals surface area contributed by atoms with E-state index in [4.69, 9.17) is 5.73 Å². The van der Waals surface area contributed by atoms with Gasteiger partial charge in [-0.25, -0.2) is 4.39 Å². The fraction of sp³-hybridized carbons (Fsp3) is 0.429. The molecule has 1 aromatic rings. The van der Waals surface area contributed by atoms with Crippen LogP contribution in [0, 0.1) is 5.82 Å². The van der Waals surface area contributed by atoms with Gasteiger partial charge >= 0.3 is 0 Å². The molecule has 17 heavy (non-hydrogen) atoms. The van der Waals surface area contributed by atoms with Crippen molar-refractivity contribution < 1.29 is 4.39 Å². The second-order valence-electron chi connectivity index (χ2n) is 4.20. The first-order chi connectivity index (χ1) is 8.15. The van der Waals surface area contributed by atoms with Crippen molar-refractivity contribution in [3.8, 4) is 0 Å². The van der Waals surface area contributed by atoms with Crippen LogP contribution in [-0.2, 0) is 0 Å². The molecule has 3 heteroatoms. The van der Waals surface area contributed by atoms with Crippen LogP contribution in [0.4, 0.5) is 4.39 Å². The largest absolute Gasteiger partial charge is 0.324 e. The summed E-state index contributed by atoms with van der Waals surface area (Å²) in [7, 11) is 0. The van der Waals surface area contributed by atoms with Gasteiger partial charge in [0.25, 0.3) is 0 Å². The van der Waals surface area contributed by atoms with Crippen LogP contribution >= 0.6 is 15.9 Å². The summed E-state index contributed by atoms with van der Waals surface area (Å²) in [4.78, 5) is 0. The highest BCUT2D eigenvalue weighted by atomic mass is 79.9. The first-order valence-corrected chi connectivity index (χ1v) is 6.76. The van der Waals surface area contributed by atoms with E-state index in [0.717, 1.165) is 29.3 Å². The van der Waals surface area contributed by atoms with E-state index in [2.05, 4.69) is 22.5 Å². The van der Waals surface area contributed by atoms with Crippen molar-refractivity contribution in [1.29, 1.82) is 0 Å². The van der Waals surface area contributed by atoms with Crippen molar-refractivity contribution in [3.05, 3.63) is 46.7 Å². The molecule has 0 amide bonds. The molecule has 0 aromatic heterocycles. The Hall–Kier alpha value is -0.670. The van der Waals surface area contributed by atoms with Gasteiger partial charge in [-0.1, -0.05) is 40.9 Å². The molecule has 0 radical (unpaired) electrons. The lowest BCUT2D eigenvalue weighted by Crippen LogP contribution is -2.10. The molecule has 0 saturated heterocycles. The predicted molar refractivity (Wildman–Crippen MR) is 74.3 cm³/mol. The quantitative estimate of drug-likeness (QED) is 0.572. The van der Waals surface area contributed by atoms with Crippen LogP contribution in [0.3, 0.4) is 0 Å². The third-order valence-corrected chi connectivity index (χ3v) is 3.47. The molecule has 0 aliphatic heterocycles. The maximum Gasteiger partial charge on any atom is 0.124 e. The number of halogens is 2. The lowest BCUT2D eigenvalue weighted by molar-refractivity contribution is 0.568. The molecule has 0 fully saturated rings. The first-order valence-electron chi connectivity index (χ1n) is 5.96. The topological polar surface area (TPSA) is 26.0 Å². The van der Waals surface area contributed by atoms with Crippen molar-refractivity contribution in [2.24, 2.45) is 5.73 Å². The minimum atomic E-state index is -0.237. The number of hydrogen-bond donors (Lipinski definition) is 1. The van der Waals surface area contributed by atoms with E-state index in [1.807, 2.05) is 6.08 Å². The fourth-order valence-corrected chi connectivity index (χ4v) is 2.43. The maximum absolute atomic E-state index is 12.9. The standard InChI is InChI=1S/C14H19BrFN/c1-2-3-4-5-6-7-14(17)12-9-8-11(16)10-13(12)15/h2,8-10,14H,1,3-7,17H2. The fourth-order valence-electron chi connectivity index (χ4n) is 1.79. The van der Waals surface area contributed by atoms with Gasteiger partial charge in [0.15, 0.2) is 0 Å². The Labute approximate surface area is 111 Å². The lowest BCUT2D eigenvalue weighted by Gasteiger charge is -2.13. The van der Waals surface area contributed by atoms with Crippen molar-refractivity contribution in [3.63, 3.8) is 0 Å². The summed E-state index contributed by atoms with van der Waals surface area (Å²) in [6.07, 6.45) is 7.37. The molecule has 0 bridgehead atoms. The molecule has 1 nitrogen and oxygen atoms in total. The minimum absolute atomic E-state index is 0.0197. The molecule has 0 spiro atoms. The zero-order valence-electron chi connectivity index (χ0n) is 9.96. The molecule has 1 aromatic carbocycles. The normalized spacial score (nSPS) is 12.4. The van der Waals surface area contributed by atoms with E-state index in [9.17, 15) is 4.39 Å². The molecular weight excluding hydrogens is 281 g/mol. The van der Waals surface area contributed by atoms with Gasteiger partial charge in [0.1, 0.15) is 5.82 Å². The Morgan fingerprint density at radius 2 is 2.12 bits per heavy atom. The van der Waals surface area contributed by atoms with E-state index in [-0.39, 0.29) is 11.9 Å². The van der Waals surface area contributed by atoms with Crippen LogP contribution in [-0.4, -0.2) is 0 Å². The number of benzene rings is 1. The van der Waals surface area contributed by atoms with E-state index in [1.54, 1.807) is 6.07 Å². The van der Waals surface area contributed by atoms with Gasteiger partial charge in [-0.15, -0.1) is 6.58 Å². The molecule has 0 heterocycles.